The second-order valence-corrected chi connectivity index (χ2v) is 2.03. The third kappa shape index (κ3) is 1.54. The summed E-state index contributed by atoms with van der Waals surface area (Å²) in [5.74, 6) is 0. The maximum atomic E-state index is 10.1. The molecule has 0 heterocycles. The fourth-order valence-corrected chi connectivity index (χ4v) is 0.645. The minimum atomic E-state index is 0.737. The van der Waals surface area contributed by atoms with E-state index in [2.05, 4.69) is 0 Å². The molecule has 1 rings (SSSR count). The molecule has 0 bridgehead atoms. The van der Waals surface area contributed by atoms with Crippen molar-refractivity contribution < 1.29 is 5.11 Å². The predicted molar refractivity (Wildman–Crippen MR) is 34.6 cm³/mol. The van der Waals surface area contributed by atoms with E-state index < -0.39 is 0 Å². The summed E-state index contributed by atoms with van der Waals surface area (Å²) < 4.78 is 0. The van der Waals surface area contributed by atoms with E-state index in [0.29, 0.717) is 0 Å². The Balaban J connectivity index is 2.88. The highest BCUT2D eigenvalue weighted by molar-refractivity contribution is 5.24. The van der Waals surface area contributed by atoms with Gasteiger partial charge >= 0.3 is 0 Å². The number of benzene rings is 1. The molecule has 0 unspecified atom stereocenters. The minimum Gasteiger partial charge on any atom is -0.849 e. The van der Waals surface area contributed by atoms with Crippen LogP contribution in [0.2, 0.25) is 0 Å². The zero-order valence-electron chi connectivity index (χ0n) is 5.29. The molecule has 0 saturated heterocycles. The summed E-state index contributed by atoms with van der Waals surface area (Å²) in [5.41, 5.74) is 1.92. The molecule has 0 amide bonds. The van der Waals surface area contributed by atoms with Crippen molar-refractivity contribution in [3.8, 4) is 0 Å². The van der Waals surface area contributed by atoms with Crippen LogP contribution in [0.15, 0.2) is 24.3 Å². The molecule has 1 radical (unpaired) electrons. The third-order valence-electron chi connectivity index (χ3n) is 1.21. The van der Waals surface area contributed by atoms with E-state index in [0.717, 1.165) is 12.2 Å². The summed E-state index contributed by atoms with van der Waals surface area (Å²) in [5, 5.41) is 10.1. The van der Waals surface area contributed by atoms with Gasteiger partial charge in [-0.15, -0.1) is 6.61 Å². The van der Waals surface area contributed by atoms with Crippen LogP contribution < -0.4 is 5.11 Å². The molecule has 0 aromatic heterocycles. The van der Waals surface area contributed by atoms with Crippen molar-refractivity contribution in [2.75, 3.05) is 0 Å². The maximum Gasteiger partial charge on any atom is -0.0398 e. The summed E-state index contributed by atoms with van der Waals surface area (Å²) in [6.45, 7) is 2.84. The highest BCUT2D eigenvalue weighted by atomic mass is 16.3. The van der Waals surface area contributed by atoms with Crippen LogP contribution in [-0.2, 0) is 0 Å². The third-order valence-corrected chi connectivity index (χ3v) is 1.21. The molecule has 9 heavy (non-hydrogen) atoms. The molecule has 0 atom stereocenters. The van der Waals surface area contributed by atoms with Crippen molar-refractivity contribution in [2.24, 2.45) is 0 Å². The fraction of sp³-hybridized carbons (Fsp3) is 0.125. The molecule has 0 aliphatic heterocycles. The first kappa shape index (κ1) is 6.30. The van der Waals surface area contributed by atoms with E-state index in [-0.39, 0.29) is 0 Å². The molecule has 0 aliphatic rings. The van der Waals surface area contributed by atoms with Crippen molar-refractivity contribution in [1.29, 1.82) is 0 Å². The van der Waals surface area contributed by atoms with Crippen LogP contribution in [0.5, 0.6) is 0 Å². The normalized spacial score (nSPS) is 9.56. The maximum absolute atomic E-state index is 10.1. The Morgan fingerprint density at radius 1 is 1.22 bits per heavy atom. The van der Waals surface area contributed by atoms with Crippen LogP contribution in [0, 0.1) is 13.5 Å². The molecule has 0 N–H and O–H groups in total. The quantitative estimate of drug-likeness (QED) is 0.539. The zero-order valence-corrected chi connectivity index (χ0v) is 5.29. The lowest BCUT2D eigenvalue weighted by atomic mass is 10.2. The monoisotopic (exact) mass is 120 g/mol. The Kier molecular flexibility index (Phi) is 1.85. The van der Waals surface area contributed by atoms with Crippen LogP contribution in [0.4, 0.5) is 0 Å². The van der Waals surface area contributed by atoms with E-state index in [9.17, 15) is 5.11 Å². The van der Waals surface area contributed by atoms with Crippen molar-refractivity contribution in [1.82, 2.24) is 0 Å². The Hall–Kier alpha value is -0.820. The first-order valence-corrected chi connectivity index (χ1v) is 2.85. The topological polar surface area (TPSA) is 23.1 Å². The zero-order chi connectivity index (χ0) is 6.69. The lowest BCUT2D eigenvalue weighted by Gasteiger charge is -2.02. The van der Waals surface area contributed by atoms with Gasteiger partial charge in [0.05, 0.1) is 0 Å². The second kappa shape index (κ2) is 2.65. The van der Waals surface area contributed by atoms with Gasteiger partial charge in [-0.05, 0) is 6.92 Å². The van der Waals surface area contributed by atoms with Gasteiger partial charge in [0.15, 0.2) is 0 Å². The number of aryl methyl sites for hydroxylation is 1. The highest BCUT2D eigenvalue weighted by Crippen LogP contribution is 2.01. The Morgan fingerprint density at radius 2 is 1.78 bits per heavy atom. The van der Waals surface area contributed by atoms with Gasteiger partial charge in [-0.25, -0.2) is 0 Å². The van der Waals surface area contributed by atoms with Gasteiger partial charge in [0.2, 0.25) is 0 Å². The molecule has 1 nitrogen and oxygen atoms in total. The van der Waals surface area contributed by atoms with Gasteiger partial charge in [-0.2, -0.15) is 0 Å². The van der Waals surface area contributed by atoms with Crippen molar-refractivity contribution in [3.05, 3.63) is 42.0 Å². The van der Waals surface area contributed by atoms with E-state index >= 15 is 0 Å². The average molecular weight is 120 g/mol. The smallest absolute Gasteiger partial charge is 0.0398 e. The van der Waals surface area contributed by atoms with Gasteiger partial charge in [0.1, 0.15) is 0 Å². The van der Waals surface area contributed by atoms with Gasteiger partial charge in [0.25, 0.3) is 0 Å². The predicted octanol–water partition coefficient (Wildman–Crippen LogP) is 0.865. The average Bonchev–Trinajstić information content (AvgIpc) is 1.90. The molecule has 47 valence electrons. The van der Waals surface area contributed by atoms with E-state index in [1.165, 1.54) is 5.56 Å². The van der Waals surface area contributed by atoms with Crippen LogP contribution >= 0.6 is 0 Å². The van der Waals surface area contributed by atoms with Crippen molar-refractivity contribution in [2.45, 2.75) is 6.92 Å². The standard InChI is InChI=1S/C8H8O/c1-7-2-4-8(6-9)5-3-7/h2-6H,1H3/q-1. The van der Waals surface area contributed by atoms with E-state index in [1.807, 2.05) is 31.2 Å². The number of rotatable bonds is 1. The largest absolute Gasteiger partial charge is 0.849 e. The van der Waals surface area contributed by atoms with Crippen LogP contribution in [-0.4, -0.2) is 0 Å². The van der Waals surface area contributed by atoms with Crippen LogP contribution in [0.1, 0.15) is 11.1 Å². The minimum absolute atomic E-state index is 0.737. The lowest BCUT2D eigenvalue weighted by molar-refractivity contribution is -0.307. The van der Waals surface area contributed by atoms with Gasteiger partial charge < -0.3 is 5.11 Å². The second-order valence-electron chi connectivity index (χ2n) is 2.03. The summed E-state index contributed by atoms with van der Waals surface area (Å²) in [6, 6.07) is 7.46. The summed E-state index contributed by atoms with van der Waals surface area (Å²) >= 11 is 0. The molecule has 1 aromatic rings. The molecule has 1 heteroatoms. The summed E-state index contributed by atoms with van der Waals surface area (Å²) in [7, 11) is 0. The fourth-order valence-electron chi connectivity index (χ4n) is 0.645. The van der Waals surface area contributed by atoms with Crippen LogP contribution in [0.25, 0.3) is 0 Å². The first-order valence-electron chi connectivity index (χ1n) is 2.85. The molecule has 0 aliphatic carbocycles. The number of hydrogen-bond donors (Lipinski definition) is 0. The molecule has 0 fully saturated rings. The summed E-state index contributed by atoms with van der Waals surface area (Å²) in [4.78, 5) is 0. The first-order chi connectivity index (χ1) is 4.33. The SMILES string of the molecule is Cc1ccc([CH][O-])cc1. The molecule has 0 spiro atoms. The lowest BCUT2D eigenvalue weighted by Crippen LogP contribution is -1.97. The molecular weight excluding hydrogens is 112 g/mol. The molecule has 0 saturated carbocycles. The summed E-state index contributed by atoms with van der Waals surface area (Å²) in [6.07, 6.45) is 0. The van der Waals surface area contributed by atoms with Crippen LogP contribution in [0.3, 0.4) is 0 Å². The molecule has 1 aromatic carbocycles. The van der Waals surface area contributed by atoms with Crippen molar-refractivity contribution >= 4 is 0 Å². The number of hydrogen-bond acceptors (Lipinski definition) is 1. The van der Waals surface area contributed by atoms with Gasteiger partial charge in [-0.1, -0.05) is 35.4 Å². The highest BCUT2D eigenvalue weighted by Gasteiger charge is 1.81. The Morgan fingerprint density at radius 3 is 2.22 bits per heavy atom. The van der Waals surface area contributed by atoms with Crippen molar-refractivity contribution in [3.63, 3.8) is 0 Å². The van der Waals surface area contributed by atoms with E-state index in [1.54, 1.807) is 0 Å². The Labute approximate surface area is 55.0 Å². The Bertz CT molecular complexity index is 176. The van der Waals surface area contributed by atoms with Gasteiger partial charge in [0, 0.05) is 0 Å². The molecular formula is C8H8O-. The van der Waals surface area contributed by atoms with Gasteiger partial charge in [-0.3, -0.25) is 0 Å². The van der Waals surface area contributed by atoms with E-state index in [4.69, 9.17) is 0 Å².